The molecule has 1 aromatic heterocycles. The van der Waals surface area contributed by atoms with E-state index in [4.69, 9.17) is 15.0 Å². The molecule has 0 saturated heterocycles. The van der Waals surface area contributed by atoms with E-state index in [-0.39, 0.29) is 11.5 Å². The Balaban J connectivity index is 1.63. The van der Waals surface area contributed by atoms with Crippen LogP contribution in [0.15, 0.2) is 82.7 Å². The van der Waals surface area contributed by atoms with E-state index in [0.717, 1.165) is 11.3 Å². The Labute approximate surface area is 201 Å². The van der Waals surface area contributed by atoms with Crippen molar-refractivity contribution in [1.29, 1.82) is 5.26 Å². The summed E-state index contributed by atoms with van der Waals surface area (Å²) in [6.45, 7) is 2.08. The SMILES string of the molecule is COc1ccc(Cn2c(SC(C)C(=O)Nc3ccc(C#N)cc3)nc3ccccc3c2=O)cc1. The van der Waals surface area contributed by atoms with Gasteiger partial charge in [-0.3, -0.25) is 14.2 Å². The van der Waals surface area contributed by atoms with Crippen molar-refractivity contribution in [3.8, 4) is 11.8 Å². The molecule has 3 aromatic carbocycles. The Morgan fingerprint density at radius 2 is 1.82 bits per heavy atom. The molecule has 0 aliphatic heterocycles. The van der Waals surface area contributed by atoms with Gasteiger partial charge < -0.3 is 10.1 Å². The van der Waals surface area contributed by atoms with Gasteiger partial charge in [0, 0.05) is 5.69 Å². The van der Waals surface area contributed by atoms with Crippen LogP contribution in [0.4, 0.5) is 5.69 Å². The molecule has 0 saturated carbocycles. The predicted octanol–water partition coefficient (Wildman–Crippen LogP) is 4.44. The number of ether oxygens (including phenoxy) is 1. The zero-order chi connectivity index (χ0) is 24.1. The standard InChI is InChI=1S/C26H22N4O3S/c1-17(24(31)28-20-11-7-18(15-27)8-12-20)34-26-29-23-6-4-3-5-22(23)25(32)30(26)16-19-9-13-21(33-2)14-10-19/h3-14,17H,16H2,1-2H3,(H,28,31). The number of fused-ring (bicyclic) bond motifs is 1. The molecule has 0 radical (unpaired) electrons. The second-order valence-corrected chi connectivity index (χ2v) is 8.90. The van der Waals surface area contributed by atoms with Crippen molar-refractivity contribution in [2.45, 2.75) is 23.9 Å². The van der Waals surface area contributed by atoms with Gasteiger partial charge in [0.15, 0.2) is 5.16 Å². The second-order valence-electron chi connectivity index (χ2n) is 7.59. The van der Waals surface area contributed by atoms with E-state index in [1.165, 1.54) is 11.8 Å². The normalized spacial score (nSPS) is 11.6. The van der Waals surface area contributed by atoms with Crippen molar-refractivity contribution in [2.24, 2.45) is 0 Å². The number of para-hydroxylation sites is 1. The molecule has 1 N–H and O–H groups in total. The molecule has 1 unspecified atom stereocenters. The summed E-state index contributed by atoms with van der Waals surface area (Å²) in [4.78, 5) is 30.9. The van der Waals surface area contributed by atoms with Gasteiger partial charge in [-0.05, 0) is 61.0 Å². The van der Waals surface area contributed by atoms with Gasteiger partial charge in [0.2, 0.25) is 5.91 Å². The van der Waals surface area contributed by atoms with Crippen molar-refractivity contribution in [1.82, 2.24) is 9.55 Å². The molecule has 7 nitrogen and oxygen atoms in total. The quantitative estimate of drug-likeness (QED) is 0.317. The van der Waals surface area contributed by atoms with E-state index in [9.17, 15) is 9.59 Å². The minimum atomic E-state index is -0.522. The van der Waals surface area contributed by atoms with Gasteiger partial charge in [-0.15, -0.1) is 0 Å². The van der Waals surface area contributed by atoms with Crippen LogP contribution in [0.1, 0.15) is 18.1 Å². The highest BCUT2D eigenvalue weighted by Crippen LogP contribution is 2.25. The summed E-state index contributed by atoms with van der Waals surface area (Å²) in [5.74, 6) is 0.503. The van der Waals surface area contributed by atoms with Crippen LogP contribution in [0.3, 0.4) is 0 Å². The fourth-order valence-corrected chi connectivity index (χ4v) is 4.28. The monoisotopic (exact) mass is 470 g/mol. The summed E-state index contributed by atoms with van der Waals surface area (Å²) in [5, 5.41) is 12.2. The van der Waals surface area contributed by atoms with E-state index < -0.39 is 5.25 Å². The highest BCUT2D eigenvalue weighted by Gasteiger charge is 2.20. The number of rotatable bonds is 7. The molecule has 170 valence electrons. The van der Waals surface area contributed by atoms with Gasteiger partial charge in [0.05, 0.1) is 41.4 Å². The Hall–Kier alpha value is -4.09. The van der Waals surface area contributed by atoms with Crippen molar-refractivity contribution >= 4 is 34.3 Å². The number of carbonyl (C=O) groups is 1. The van der Waals surface area contributed by atoms with Crippen LogP contribution in [0.25, 0.3) is 10.9 Å². The summed E-state index contributed by atoms with van der Waals surface area (Å²) in [6.07, 6.45) is 0. The third-order valence-corrected chi connectivity index (χ3v) is 6.35. The van der Waals surface area contributed by atoms with Crippen molar-refractivity contribution in [3.05, 3.63) is 94.3 Å². The number of nitriles is 1. The van der Waals surface area contributed by atoms with Gasteiger partial charge in [-0.2, -0.15) is 5.26 Å². The molecule has 8 heteroatoms. The maximum Gasteiger partial charge on any atom is 0.262 e. The minimum Gasteiger partial charge on any atom is -0.497 e. The lowest BCUT2D eigenvalue weighted by molar-refractivity contribution is -0.115. The number of aromatic nitrogens is 2. The lowest BCUT2D eigenvalue weighted by Crippen LogP contribution is -2.27. The molecule has 4 aromatic rings. The Morgan fingerprint density at radius 1 is 1.12 bits per heavy atom. The van der Waals surface area contributed by atoms with E-state index in [0.29, 0.717) is 33.9 Å². The first-order valence-electron chi connectivity index (χ1n) is 10.6. The van der Waals surface area contributed by atoms with Gasteiger partial charge in [0.1, 0.15) is 5.75 Å². The molecule has 1 amide bonds. The maximum atomic E-state index is 13.3. The largest absolute Gasteiger partial charge is 0.497 e. The highest BCUT2D eigenvalue weighted by molar-refractivity contribution is 8.00. The molecule has 1 atom stereocenters. The van der Waals surface area contributed by atoms with E-state index >= 15 is 0 Å². The fraction of sp³-hybridized carbons (Fsp3) is 0.154. The maximum absolute atomic E-state index is 13.3. The van der Waals surface area contributed by atoms with Gasteiger partial charge in [0.25, 0.3) is 5.56 Å². The first-order valence-corrected chi connectivity index (χ1v) is 11.5. The summed E-state index contributed by atoms with van der Waals surface area (Å²) in [5.41, 5.74) is 2.45. The van der Waals surface area contributed by atoms with Crippen LogP contribution in [0.2, 0.25) is 0 Å². The minimum absolute atomic E-state index is 0.163. The first-order chi connectivity index (χ1) is 16.5. The molecule has 0 spiro atoms. The zero-order valence-corrected chi connectivity index (χ0v) is 19.5. The summed E-state index contributed by atoms with van der Waals surface area (Å²) >= 11 is 1.22. The summed E-state index contributed by atoms with van der Waals surface area (Å²) in [7, 11) is 1.60. The molecular formula is C26H22N4O3S. The fourth-order valence-electron chi connectivity index (χ4n) is 3.37. The third-order valence-electron chi connectivity index (χ3n) is 5.26. The van der Waals surface area contributed by atoms with Gasteiger partial charge >= 0.3 is 0 Å². The average molecular weight is 471 g/mol. The lowest BCUT2D eigenvalue weighted by Gasteiger charge is -2.17. The Morgan fingerprint density at radius 3 is 2.50 bits per heavy atom. The number of hydrogen-bond donors (Lipinski definition) is 1. The van der Waals surface area contributed by atoms with Crippen LogP contribution in [-0.4, -0.2) is 27.8 Å². The van der Waals surface area contributed by atoms with E-state index in [1.807, 2.05) is 36.4 Å². The smallest absolute Gasteiger partial charge is 0.262 e. The number of nitrogens with one attached hydrogen (secondary N) is 1. The first kappa shape index (κ1) is 23.1. The van der Waals surface area contributed by atoms with Crippen molar-refractivity contribution < 1.29 is 9.53 Å². The lowest BCUT2D eigenvalue weighted by atomic mass is 10.2. The third kappa shape index (κ3) is 5.11. The average Bonchev–Trinajstić information content (AvgIpc) is 2.87. The molecule has 4 rings (SSSR count). The van der Waals surface area contributed by atoms with Gasteiger partial charge in [-0.1, -0.05) is 36.0 Å². The molecule has 1 heterocycles. The van der Waals surface area contributed by atoms with E-state index in [1.54, 1.807) is 55.0 Å². The number of thioether (sulfide) groups is 1. The molecule has 0 fully saturated rings. The number of carbonyl (C=O) groups excluding carboxylic acids is 1. The van der Waals surface area contributed by atoms with Crippen molar-refractivity contribution in [2.75, 3.05) is 12.4 Å². The Kier molecular flexibility index (Phi) is 6.95. The molecule has 0 bridgehead atoms. The van der Waals surface area contributed by atoms with Crippen LogP contribution in [0, 0.1) is 11.3 Å². The molecule has 34 heavy (non-hydrogen) atoms. The van der Waals surface area contributed by atoms with Crippen molar-refractivity contribution in [3.63, 3.8) is 0 Å². The van der Waals surface area contributed by atoms with Gasteiger partial charge in [-0.25, -0.2) is 4.98 Å². The second kappa shape index (κ2) is 10.2. The number of hydrogen-bond acceptors (Lipinski definition) is 6. The van der Waals surface area contributed by atoms with Crippen LogP contribution < -0.4 is 15.6 Å². The van der Waals surface area contributed by atoms with Crippen LogP contribution in [0.5, 0.6) is 5.75 Å². The zero-order valence-electron chi connectivity index (χ0n) is 18.7. The number of amides is 1. The topological polar surface area (TPSA) is 97.0 Å². The molecule has 0 aliphatic rings. The van der Waals surface area contributed by atoms with E-state index in [2.05, 4.69) is 11.4 Å². The Bertz CT molecular complexity index is 1420. The van der Waals surface area contributed by atoms with Crippen LogP contribution in [-0.2, 0) is 11.3 Å². The number of anilines is 1. The highest BCUT2D eigenvalue weighted by atomic mass is 32.2. The molecular weight excluding hydrogens is 448 g/mol. The summed E-state index contributed by atoms with van der Waals surface area (Å²) in [6, 6.07) is 23.4. The number of methoxy groups -OCH3 is 1. The molecule has 0 aliphatic carbocycles. The number of benzene rings is 3. The number of nitrogens with zero attached hydrogens (tertiary/aromatic N) is 3. The summed E-state index contributed by atoms with van der Waals surface area (Å²) < 4.78 is 6.82. The van der Waals surface area contributed by atoms with Crippen LogP contribution >= 0.6 is 11.8 Å². The predicted molar refractivity (Wildman–Crippen MR) is 133 cm³/mol.